The number of methoxy groups -OCH3 is 1. The number of carbonyl (C=O) groups is 1. The van der Waals surface area contributed by atoms with E-state index < -0.39 is 10.9 Å². The summed E-state index contributed by atoms with van der Waals surface area (Å²) in [7, 11) is 1.39. The summed E-state index contributed by atoms with van der Waals surface area (Å²) in [6.45, 7) is 2.20. The maximum atomic E-state index is 12.0. The van der Waals surface area contributed by atoms with Gasteiger partial charge in [0, 0.05) is 17.5 Å². The zero-order valence-corrected chi connectivity index (χ0v) is 15.1. The number of aryl methyl sites for hydroxylation is 1. The number of rotatable bonds is 8. The molecule has 0 fully saturated rings. The van der Waals surface area contributed by atoms with Crippen LogP contribution in [0.4, 0.5) is 5.69 Å². The van der Waals surface area contributed by atoms with Gasteiger partial charge in [-0.15, -0.1) is 0 Å². The first-order valence-electron chi connectivity index (χ1n) is 7.82. The van der Waals surface area contributed by atoms with Gasteiger partial charge in [0.2, 0.25) is 0 Å². The minimum Gasteiger partial charge on any atom is -0.493 e. The first-order valence-corrected chi connectivity index (χ1v) is 8.20. The Balaban J connectivity index is 1.87. The van der Waals surface area contributed by atoms with E-state index in [2.05, 4.69) is 0 Å². The lowest BCUT2D eigenvalue weighted by Gasteiger charge is -2.10. The first-order chi connectivity index (χ1) is 12.4. The summed E-state index contributed by atoms with van der Waals surface area (Å²) in [5, 5.41) is 11.5. The molecule has 138 valence electrons. The van der Waals surface area contributed by atoms with Crippen LogP contribution >= 0.6 is 11.6 Å². The van der Waals surface area contributed by atoms with Crippen LogP contribution < -0.4 is 14.2 Å². The maximum Gasteiger partial charge on any atom is 0.311 e. The molecule has 2 rings (SSSR count). The SMILES string of the molecule is COc1ccc([N+](=O)[O-])cc1OC(=O)CCCOc1ccc(Cl)cc1C. The number of non-ortho nitro benzene ring substituents is 1. The molecule has 0 amide bonds. The molecule has 2 aromatic carbocycles. The highest BCUT2D eigenvalue weighted by molar-refractivity contribution is 6.30. The Kier molecular flexibility index (Phi) is 6.80. The van der Waals surface area contributed by atoms with Crippen molar-refractivity contribution in [3.63, 3.8) is 0 Å². The lowest BCUT2D eigenvalue weighted by atomic mass is 10.2. The van der Waals surface area contributed by atoms with Crippen LogP contribution in [0.2, 0.25) is 5.02 Å². The van der Waals surface area contributed by atoms with E-state index in [0.717, 1.165) is 11.6 Å². The molecule has 0 N–H and O–H groups in total. The standard InChI is InChI=1S/C18H18ClNO6/c1-12-10-13(19)5-7-15(12)25-9-3-4-18(21)26-17-11-14(20(22)23)6-8-16(17)24-2/h5-8,10-11H,3-4,9H2,1-2H3. The van der Waals surface area contributed by atoms with E-state index in [1.807, 2.05) is 6.92 Å². The van der Waals surface area contributed by atoms with Crippen LogP contribution in [0.3, 0.4) is 0 Å². The lowest BCUT2D eigenvalue weighted by Crippen LogP contribution is -2.11. The summed E-state index contributed by atoms with van der Waals surface area (Å²) in [6, 6.07) is 9.10. The summed E-state index contributed by atoms with van der Waals surface area (Å²) in [5.41, 5.74) is 0.719. The molecule has 0 aliphatic carbocycles. The van der Waals surface area contributed by atoms with Crippen molar-refractivity contribution in [3.8, 4) is 17.2 Å². The molecular formula is C18H18ClNO6. The number of benzene rings is 2. The zero-order chi connectivity index (χ0) is 19.1. The molecule has 0 aliphatic heterocycles. The van der Waals surface area contributed by atoms with Crippen molar-refractivity contribution in [2.45, 2.75) is 19.8 Å². The molecule has 0 aliphatic rings. The van der Waals surface area contributed by atoms with E-state index in [1.54, 1.807) is 18.2 Å². The maximum absolute atomic E-state index is 12.0. The Morgan fingerprint density at radius 2 is 1.88 bits per heavy atom. The predicted octanol–water partition coefficient (Wildman–Crippen LogP) is 4.33. The molecule has 0 bridgehead atoms. The normalized spacial score (nSPS) is 10.3. The summed E-state index contributed by atoms with van der Waals surface area (Å²) in [4.78, 5) is 22.2. The molecule has 0 spiro atoms. The van der Waals surface area contributed by atoms with Crippen LogP contribution in [-0.2, 0) is 4.79 Å². The summed E-state index contributed by atoms with van der Waals surface area (Å²) in [5.74, 6) is 0.432. The molecule has 0 heterocycles. The largest absolute Gasteiger partial charge is 0.493 e. The second kappa shape index (κ2) is 9.05. The fraction of sp³-hybridized carbons (Fsp3) is 0.278. The van der Waals surface area contributed by atoms with Gasteiger partial charge in [-0.1, -0.05) is 11.6 Å². The fourth-order valence-electron chi connectivity index (χ4n) is 2.21. The summed E-state index contributed by atoms with van der Waals surface area (Å²) >= 11 is 5.88. The quantitative estimate of drug-likeness (QED) is 0.223. The molecule has 8 heteroatoms. The fourth-order valence-corrected chi connectivity index (χ4v) is 2.43. The van der Waals surface area contributed by atoms with Gasteiger partial charge in [0.15, 0.2) is 11.5 Å². The number of nitrogens with zero attached hydrogens (tertiary/aromatic N) is 1. The highest BCUT2D eigenvalue weighted by Gasteiger charge is 2.15. The second-order valence-electron chi connectivity index (χ2n) is 5.43. The van der Waals surface area contributed by atoms with E-state index in [1.165, 1.54) is 19.2 Å². The molecule has 0 saturated carbocycles. The van der Waals surface area contributed by atoms with Crippen LogP contribution in [0.5, 0.6) is 17.2 Å². The van der Waals surface area contributed by atoms with Gasteiger partial charge in [-0.25, -0.2) is 0 Å². The van der Waals surface area contributed by atoms with Crippen molar-refractivity contribution in [1.29, 1.82) is 0 Å². The Morgan fingerprint density at radius 1 is 1.15 bits per heavy atom. The molecular weight excluding hydrogens is 362 g/mol. The first kappa shape index (κ1) is 19.5. The molecule has 0 unspecified atom stereocenters. The molecule has 2 aromatic rings. The smallest absolute Gasteiger partial charge is 0.311 e. The molecule has 0 atom stereocenters. The van der Waals surface area contributed by atoms with Gasteiger partial charge < -0.3 is 14.2 Å². The van der Waals surface area contributed by atoms with Gasteiger partial charge in [0.25, 0.3) is 5.69 Å². The molecule has 7 nitrogen and oxygen atoms in total. The van der Waals surface area contributed by atoms with Crippen LogP contribution in [-0.4, -0.2) is 24.6 Å². The third kappa shape index (κ3) is 5.35. The van der Waals surface area contributed by atoms with E-state index in [4.69, 9.17) is 25.8 Å². The van der Waals surface area contributed by atoms with Gasteiger partial charge in [0.05, 0.1) is 24.7 Å². The van der Waals surface area contributed by atoms with Crippen LogP contribution in [0.1, 0.15) is 18.4 Å². The highest BCUT2D eigenvalue weighted by atomic mass is 35.5. The number of hydrogen-bond donors (Lipinski definition) is 0. The van der Waals surface area contributed by atoms with Crippen molar-refractivity contribution in [1.82, 2.24) is 0 Å². The van der Waals surface area contributed by atoms with E-state index in [0.29, 0.717) is 23.8 Å². The second-order valence-corrected chi connectivity index (χ2v) is 5.86. The minimum absolute atomic E-state index is 0.0150. The average Bonchev–Trinajstić information content (AvgIpc) is 2.60. The number of nitro groups is 1. The van der Waals surface area contributed by atoms with Gasteiger partial charge in [-0.05, 0) is 43.2 Å². The third-order valence-electron chi connectivity index (χ3n) is 3.50. The Hall–Kier alpha value is -2.80. The van der Waals surface area contributed by atoms with E-state index in [-0.39, 0.29) is 23.6 Å². The van der Waals surface area contributed by atoms with Crippen molar-refractivity contribution in [2.75, 3.05) is 13.7 Å². The third-order valence-corrected chi connectivity index (χ3v) is 3.74. The van der Waals surface area contributed by atoms with Crippen molar-refractivity contribution < 1.29 is 23.9 Å². The zero-order valence-electron chi connectivity index (χ0n) is 14.4. The monoisotopic (exact) mass is 379 g/mol. The van der Waals surface area contributed by atoms with E-state index in [9.17, 15) is 14.9 Å². The van der Waals surface area contributed by atoms with Crippen molar-refractivity contribution >= 4 is 23.3 Å². The van der Waals surface area contributed by atoms with Gasteiger partial charge >= 0.3 is 5.97 Å². The minimum atomic E-state index is -0.570. The molecule has 26 heavy (non-hydrogen) atoms. The van der Waals surface area contributed by atoms with Crippen LogP contribution in [0.15, 0.2) is 36.4 Å². The molecule has 0 saturated heterocycles. The van der Waals surface area contributed by atoms with Crippen molar-refractivity contribution in [3.05, 3.63) is 57.1 Å². The molecule has 0 aromatic heterocycles. The van der Waals surface area contributed by atoms with Gasteiger partial charge in [-0.2, -0.15) is 0 Å². The average molecular weight is 380 g/mol. The Morgan fingerprint density at radius 3 is 2.54 bits per heavy atom. The lowest BCUT2D eigenvalue weighted by molar-refractivity contribution is -0.384. The predicted molar refractivity (Wildman–Crippen MR) is 96.2 cm³/mol. The Bertz CT molecular complexity index is 808. The number of halogens is 1. The summed E-state index contributed by atoms with van der Waals surface area (Å²) in [6.07, 6.45) is 0.524. The van der Waals surface area contributed by atoms with Crippen LogP contribution in [0, 0.1) is 17.0 Å². The number of nitro benzene ring substituents is 1. The van der Waals surface area contributed by atoms with Crippen molar-refractivity contribution in [2.24, 2.45) is 0 Å². The summed E-state index contributed by atoms with van der Waals surface area (Å²) < 4.78 is 15.8. The molecule has 0 radical (unpaired) electrons. The topological polar surface area (TPSA) is 87.9 Å². The number of ether oxygens (including phenoxy) is 3. The number of esters is 1. The van der Waals surface area contributed by atoms with E-state index >= 15 is 0 Å². The van der Waals surface area contributed by atoms with Gasteiger partial charge in [-0.3, -0.25) is 14.9 Å². The highest BCUT2D eigenvalue weighted by Crippen LogP contribution is 2.31. The number of hydrogen-bond acceptors (Lipinski definition) is 6. The Labute approximate surface area is 155 Å². The number of carbonyl (C=O) groups excluding carboxylic acids is 1. The van der Waals surface area contributed by atoms with Gasteiger partial charge in [0.1, 0.15) is 5.75 Å². The van der Waals surface area contributed by atoms with Crippen LogP contribution in [0.25, 0.3) is 0 Å².